The summed E-state index contributed by atoms with van der Waals surface area (Å²) < 4.78 is 0. The SMILES string of the molecule is O=C1CNC(=O)[C@H](Cc2c[nH]cn2)NC(=O)[C@@H]2CSCN2C(=O)[C@@H]2CSSC(N[C@H](Cc3c[nH]c4ccccc34)N[C@H](Cc3c[nH]cn3)N1)C(=O)N1CSC[C@H]1C(=O)N[C@@H](Cc1c[nH]cn1)C(=O)N[C@H](Cc1ccccc1)C(=O)N[C@@H](Cc1c[nH]cn1)C(=O)N[C@@H](Cc1c[nH]c3ccccc13)C(=O)N2. The number of aromatic nitrogens is 10. The van der Waals surface area contributed by atoms with Crippen LogP contribution >= 0.6 is 45.1 Å². The molecule has 9 aromatic rings. The van der Waals surface area contributed by atoms with E-state index in [0.29, 0.717) is 33.9 Å². The van der Waals surface area contributed by atoms with Crippen LogP contribution < -0.4 is 53.2 Å². The Kier molecular flexibility index (Phi) is 23.4. The minimum Gasteiger partial charge on any atom is -0.361 e. The van der Waals surface area contributed by atoms with Crippen molar-refractivity contribution >= 4 is 126 Å². The quantitative estimate of drug-likeness (QED) is 0.0640. The molecule has 104 heavy (non-hydrogen) atoms. The Bertz CT molecular complexity index is 4490. The van der Waals surface area contributed by atoms with Gasteiger partial charge in [0.05, 0.1) is 78.7 Å². The summed E-state index contributed by atoms with van der Waals surface area (Å²) in [5.74, 6) is -7.67. The molecule has 542 valence electrons. The largest absolute Gasteiger partial charge is 0.361 e. The summed E-state index contributed by atoms with van der Waals surface area (Å²) in [6, 6.07) is 12.7. The van der Waals surface area contributed by atoms with Gasteiger partial charge in [0.15, 0.2) is 0 Å². The summed E-state index contributed by atoms with van der Waals surface area (Å²) >= 11 is 2.55. The lowest BCUT2D eigenvalue weighted by molar-refractivity contribution is -0.141. The van der Waals surface area contributed by atoms with E-state index in [1.165, 1.54) is 58.6 Å². The van der Waals surface area contributed by atoms with Crippen LogP contribution in [0.25, 0.3) is 21.8 Å². The Morgan fingerprint density at radius 1 is 0.404 bits per heavy atom. The van der Waals surface area contributed by atoms with Crippen LogP contribution in [0.5, 0.6) is 0 Å². The van der Waals surface area contributed by atoms with Gasteiger partial charge in [0, 0.05) is 121 Å². The third-order valence-corrected chi connectivity index (χ3v) is 22.8. The van der Waals surface area contributed by atoms with Gasteiger partial charge in [-0.05, 0) is 28.8 Å². The van der Waals surface area contributed by atoms with E-state index >= 15 is 33.6 Å². The maximum Gasteiger partial charge on any atom is 0.252 e. The smallest absolute Gasteiger partial charge is 0.252 e. The van der Waals surface area contributed by atoms with Gasteiger partial charge < -0.3 is 82.2 Å². The molecule has 11 atom stereocenters. The molecule has 4 aliphatic heterocycles. The van der Waals surface area contributed by atoms with Gasteiger partial charge in [-0.2, -0.15) is 0 Å². The number of carbonyl (C=O) groups excluding carboxylic acids is 10. The van der Waals surface area contributed by atoms with E-state index in [4.69, 9.17) is 0 Å². The van der Waals surface area contributed by atoms with Crippen molar-refractivity contribution in [1.82, 2.24) is 113 Å². The zero-order chi connectivity index (χ0) is 72.1. The first-order valence-corrected chi connectivity index (χ1v) is 38.3. The molecular formula is C68H76N22O10S4. The number of hydrogen-bond donors (Lipinski definition) is 16. The lowest BCUT2D eigenvalue weighted by atomic mass is 10.0. The van der Waals surface area contributed by atoms with Gasteiger partial charge in [-0.3, -0.25) is 58.6 Å². The third kappa shape index (κ3) is 18.0. The number of para-hydroxylation sites is 2. The predicted molar refractivity (Wildman–Crippen MR) is 390 cm³/mol. The first-order chi connectivity index (χ1) is 50.6. The van der Waals surface area contributed by atoms with E-state index in [2.05, 4.69) is 103 Å². The van der Waals surface area contributed by atoms with E-state index in [-0.39, 0.29) is 74.0 Å². The molecule has 0 saturated carbocycles. The molecule has 4 aliphatic rings. The normalized spacial score (nSPS) is 25.0. The number of H-pyrrole nitrogens is 6. The number of thioether (sulfide) groups is 2. The highest BCUT2D eigenvalue weighted by Crippen LogP contribution is 2.33. The molecule has 6 aromatic heterocycles. The lowest BCUT2D eigenvalue weighted by Gasteiger charge is -2.33. The molecule has 0 spiro atoms. The summed E-state index contributed by atoms with van der Waals surface area (Å²) in [4.78, 5) is 191. The molecule has 10 heterocycles. The molecule has 0 radical (unpaired) electrons. The molecule has 36 heteroatoms. The number of imidazole rings is 4. The van der Waals surface area contributed by atoms with Gasteiger partial charge in [-0.15, -0.1) is 23.5 Å². The van der Waals surface area contributed by atoms with Crippen molar-refractivity contribution in [3.63, 3.8) is 0 Å². The van der Waals surface area contributed by atoms with Gasteiger partial charge in [0.2, 0.25) is 53.2 Å². The van der Waals surface area contributed by atoms with Gasteiger partial charge in [-0.1, -0.05) is 88.3 Å². The van der Waals surface area contributed by atoms with E-state index in [1.807, 2.05) is 54.7 Å². The van der Waals surface area contributed by atoms with E-state index in [0.717, 1.165) is 49.0 Å². The van der Waals surface area contributed by atoms with Gasteiger partial charge >= 0.3 is 0 Å². The van der Waals surface area contributed by atoms with Crippen LogP contribution in [0.1, 0.15) is 39.5 Å². The molecule has 3 aromatic carbocycles. The summed E-state index contributed by atoms with van der Waals surface area (Å²) in [5.41, 5.74) is 5.20. The third-order valence-electron chi connectivity index (χ3n) is 18.2. The standard InChI is InChI=1S/C68H76N22O10S4/c91-58-27-75-59(92)50(17-40-23-69-31-76-40)83-64(97)54-29-101-35-89(54)67(99)53-28-103-104-66(88-56(86-57(87-58)20-43-26-72-34-79-43)16-39-22-74-47-13-7-5-11-45(39)47)68(100)90-36-102-30-55(90)65(98)84-52(19-42-25-71-33-78-42)63(96)80-48(14-37-8-2-1-3-9-37)60(93)82-51(18-41-24-70-32-77-41)62(95)81-49(61(94)85-53)15-38-21-73-46-12-6-4-10-44(38)46/h1-13,21-26,31-34,48-57,66,73-74,86,88H,14-20,27-30,35-36H2,(H,69,76)(H,70,77)(H,71,78)(H,72,79)(H,75,92)(H,80,96)(H,81,95)(H,82,93)(H,83,97)(H,84,98)(H,85,94)(H,87,91)/t48-,49+,50+,51+,52+,53+,54+,55+,56-,57+,66?/m1/s1. The molecule has 32 nitrogen and oxygen atoms in total. The predicted octanol–water partition coefficient (Wildman–Crippen LogP) is 0.0506. The van der Waals surface area contributed by atoms with Crippen LogP contribution in [-0.2, 0) is 92.9 Å². The fourth-order valence-corrected chi connectivity index (χ4v) is 17.7. The first kappa shape index (κ1) is 72.0. The van der Waals surface area contributed by atoms with Crippen LogP contribution in [0.15, 0.2) is 141 Å². The molecule has 0 aliphatic carbocycles. The van der Waals surface area contributed by atoms with Crippen LogP contribution in [0.2, 0.25) is 0 Å². The van der Waals surface area contributed by atoms with Crippen LogP contribution in [-0.4, -0.2) is 220 Å². The van der Waals surface area contributed by atoms with Crippen molar-refractivity contribution in [3.8, 4) is 0 Å². The molecule has 1 unspecified atom stereocenters. The number of aromatic amines is 6. The first-order valence-electron chi connectivity index (χ1n) is 33.6. The number of nitrogens with one attached hydrogen (secondary N) is 16. The Balaban J connectivity index is 0.926. The van der Waals surface area contributed by atoms with Crippen molar-refractivity contribution in [2.75, 3.05) is 35.6 Å². The Labute approximate surface area is 610 Å². The number of hydrogen-bond acceptors (Lipinski definition) is 20. The fourth-order valence-electron chi connectivity index (χ4n) is 12.9. The maximum absolute atomic E-state index is 16.1. The van der Waals surface area contributed by atoms with E-state index in [9.17, 15) is 14.4 Å². The highest BCUT2D eigenvalue weighted by atomic mass is 33.1. The summed E-state index contributed by atoms with van der Waals surface area (Å²) in [6.07, 6.45) is 13.0. The number of nitrogens with zero attached hydrogens (tertiary/aromatic N) is 6. The fraction of sp³-hybridized carbons (Fsp3) is 0.353. The second-order valence-corrected chi connectivity index (χ2v) is 29.9. The number of fused-ring (bicyclic) bond motifs is 8. The van der Waals surface area contributed by atoms with Crippen LogP contribution in [0.4, 0.5) is 0 Å². The van der Waals surface area contributed by atoms with Crippen molar-refractivity contribution in [3.05, 3.63) is 181 Å². The Morgan fingerprint density at radius 3 is 1.38 bits per heavy atom. The highest BCUT2D eigenvalue weighted by molar-refractivity contribution is 8.77. The van der Waals surface area contributed by atoms with Crippen LogP contribution in [0.3, 0.4) is 0 Å². The Morgan fingerprint density at radius 2 is 0.856 bits per heavy atom. The molecular weight excluding hydrogens is 1410 g/mol. The van der Waals surface area contributed by atoms with Crippen molar-refractivity contribution in [2.45, 2.75) is 111 Å². The van der Waals surface area contributed by atoms with Gasteiger partial charge in [0.1, 0.15) is 53.7 Å². The summed E-state index contributed by atoms with van der Waals surface area (Å²) in [6.45, 7) is -0.570. The van der Waals surface area contributed by atoms with Crippen molar-refractivity contribution < 1.29 is 47.9 Å². The van der Waals surface area contributed by atoms with E-state index in [1.54, 1.807) is 61.3 Å². The monoisotopic (exact) mass is 1490 g/mol. The van der Waals surface area contributed by atoms with E-state index < -0.39 is 132 Å². The number of rotatable bonds is 14. The maximum atomic E-state index is 16.1. The molecule has 16 N–H and O–H groups in total. The average Bonchev–Trinajstić information content (AvgIpc) is 1.64. The second kappa shape index (κ2) is 33.8. The number of amides is 10. The lowest BCUT2D eigenvalue weighted by Crippen LogP contribution is -2.62. The molecule has 2 bridgehead atoms. The molecule has 4 saturated heterocycles. The number of carbonyl (C=O) groups is 10. The van der Waals surface area contributed by atoms with Gasteiger partial charge in [0.25, 0.3) is 5.91 Å². The zero-order valence-electron chi connectivity index (χ0n) is 55.7. The van der Waals surface area contributed by atoms with Gasteiger partial charge in [-0.25, -0.2) is 19.9 Å². The van der Waals surface area contributed by atoms with Crippen molar-refractivity contribution in [1.29, 1.82) is 0 Å². The molecule has 13 rings (SSSR count). The van der Waals surface area contributed by atoms with Crippen molar-refractivity contribution in [2.24, 2.45) is 0 Å². The number of benzene rings is 3. The summed E-state index contributed by atoms with van der Waals surface area (Å²) in [5, 5.41) is 30.4. The molecule has 4 fully saturated rings. The summed E-state index contributed by atoms with van der Waals surface area (Å²) in [7, 11) is 2.02. The zero-order valence-corrected chi connectivity index (χ0v) is 59.0. The average molecular weight is 1490 g/mol. The Hall–Kier alpha value is -10.4. The minimum atomic E-state index is -1.53. The minimum absolute atomic E-state index is 0.00122. The highest BCUT2D eigenvalue weighted by Gasteiger charge is 2.44. The van der Waals surface area contributed by atoms with Crippen LogP contribution in [0, 0.1) is 0 Å². The molecule has 10 amide bonds. The second-order valence-electron chi connectivity index (χ2n) is 25.4. The topological polar surface area (TPSA) is 444 Å².